The molecule has 0 amide bonds. The third kappa shape index (κ3) is 6.34. The molecule has 0 heterocycles. The van der Waals surface area contributed by atoms with Gasteiger partial charge >= 0.3 is 0 Å². The highest BCUT2D eigenvalue weighted by Crippen LogP contribution is 2.38. The number of hydrogen-bond acceptors (Lipinski definition) is 4. The van der Waals surface area contributed by atoms with Crippen LogP contribution in [0.15, 0.2) is 122 Å². The highest BCUT2D eigenvalue weighted by molar-refractivity contribution is 6.04. The van der Waals surface area contributed by atoms with E-state index in [1.807, 2.05) is 48.5 Å². The first-order chi connectivity index (χ1) is 18.7. The van der Waals surface area contributed by atoms with Gasteiger partial charge in [0.1, 0.15) is 36.2 Å². The molecule has 38 heavy (non-hydrogen) atoms. The normalized spacial score (nSPS) is 10.3. The van der Waals surface area contributed by atoms with Crippen molar-refractivity contribution in [2.24, 2.45) is 0 Å². The molecule has 0 aliphatic rings. The lowest BCUT2D eigenvalue weighted by molar-refractivity contribution is 0.363. The van der Waals surface area contributed by atoms with Gasteiger partial charge in [-0.1, -0.05) is 73.8 Å². The van der Waals surface area contributed by atoms with Crippen molar-refractivity contribution in [1.82, 2.24) is 0 Å². The topological polar surface area (TPSA) is 36.9 Å². The molecule has 0 radical (unpaired) electrons. The molecule has 4 rings (SSSR count). The molecule has 0 N–H and O–H groups in total. The molecule has 0 saturated heterocycles. The zero-order valence-corrected chi connectivity index (χ0v) is 21.9. The van der Waals surface area contributed by atoms with E-state index in [4.69, 9.17) is 18.9 Å². The van der Waals surface area contributed by atoms with E-state index < -0.39 is 0 Å². The Morgan fingerprint density at radius 1 is 0.474 bits per heavy atom. The van der Waals surface area contributed by atoms with Gasteiger partial charge in [0.25, 0.3) is 0 Å². The van der Waals surface area contributed by atoms with Gasteiger partial charge in [0.2, 0.25) is 0 Å². The lowest BCUT2D eigenvalue weighted by atomic mass is 9.85. The first-order valence-electron chi connectivity index (χ1n) is 12.4. The Kier molecular flexibility index (Phi) is 9.03. The first-order valence-corrected chi connectivity index (χ1v) is 12.4. The van der Waals surface area contributed by atoms with Crippen LogP contribution in [0.25, 0.3) is 11.1 Å². The number of rotatable bonds is 12. The summed E-state index contributed by atoms with van der Waals surface area (Å²) < 4.78 is 22.3. The largest absolute Gasteiger partial charge is 0.497 e. The highest BCUT2D eigenvalue weighted by Gasteiger charge is 2.17. The molecule has 4 aromatic rings. The average Bonchev–Trinajstić information content (AvgIpc) is 2.98. The zero-order chi connectivity index (χ0) is 26.7. The van der Waals surface area contributed by atoms with Crippen molar-refractivity contribution < 1.29 is 18.9 Å². The minimum Gasteiger partial charge on any atom is -0.497 e. The Morgan fingerprint density at radius 3 is 0.974 bits per heavy atom. The molecular weight excluding hydrogens is 472 g/mol. The van der Waals surface area contributed by atoms with Gasteiger partial charge in [0.05, 0.1) is 14.2 Å². The summed E-state index contributed by atoms with van der Waals surface area (Å²) in [5.41, 5.74) is 6.38. The molecule has 192 valence electrons. The lowest BCUT2D eigenvalue weighted by Crippen LogP contribution is -1.99. The maximum Gasteiger partial charge on any atom is 0.119 e. The molecule has 0 spiro atoms. The molecular formula is C34H32O4. The van der Waals surface area contributed by atoms with Crippen molar-refractivity contribution in [2.75, 3.05) is 27.4 Å². The Bertz CT molecular complexity index is 1260. The summed E-state index contributed by atoms with van der Waals surface area (Å²) in [6.45, 7) is 8.38. The second kappa shape index (κ2) is 13.0. The van der Waals surface area contributed by atoms with Gasteiger partial charge in [-0.05, 0) is 81.9 Å². The fraction of sp³-hybridized carbons (Fsp3) is 0.118. The van der Waals surface area contributed by atoms with Crippen LogP contribution in [0.3, 0.4) is 0 Å². The van der Waals surface area contributed by atoms with Crippen molar-refractivity contribution in [3.05, 3.63) is 145 Å². The second-order valence-corrected chi connectivity index (χ2v) is 8.46. The van der Waals surface area contributed by atoms with E-state index in [0.717, 1.165) is 56.4 Å². The van der Waals surface area contributed by atoms with Crippen molar-refractivity contribution in [1.29, 1.82) is 0 Å². The second-order valence-electron chi connectivity index (χ2n) is 8.46. The van der Waals surface area contributed by atoms with Crippen LogP contribution in [-0.2, 0) is 0 Å². The Hall–Kier alpha value is -4.70. The zero-order valence-electron chi connectivity index (χ0n) is 21.9. The molecule has 0 aromatic heterocycles. The number of ether oxygens (including phenoxy) is 4. The van der Waals surface area contributed by atoms with Gasteiger partial charge in [-0.25, -0.2) is 0 Å². The van der Waals surface area contributed by atoms with Crippen LogP contribution in [0.5, 0.6) is 23.0 Å². The van der Waals surface area contributed by atoms with Crippen LogP contribution in [0.2, 0.25) is 0 Å². The van der Waals surface area contributed by atoms with Crippen molar-refractivity contribution in [2.45, 2.75) is 0 Å². The summed E-state index contributed by atoms with van der Waals surface area (Å²) in [6.07, 6.45) is 3.47. The first kappa shape index (κ1) is 26.4. The Balaban J connectivity index is 1.95. The predicted octanol–water partition coefficient (Wildman–Crippen LogP) is 7.84. The van der Waals surface area contributed by atoms with Gasteiger partial charge in [-0.2, -0.15) is 0 Å². The van der Waals surface area contributed by atoms with E-state index in [2.05, 4.69) is 61.7 Å². The predicted molar refractivity (Wildman–Crippen MR) is 155 cm³/mol. The summed E-state index contributed by atoms with van der Waals surface area (Å²) in [5.74, 6) is 3.18. The van der Waals surface area contributed by atoms with Crippen molar-refractivity contribution in [3.63, 3.8) is 0 Å². The SMILES string of the molecule is C=CCOc1ccc(C(=C(c2ccc(OC)cc2)c2ccc(OC)cc2)c2ccc(OCC=C)cc2)cc1. The molecule has 0 aliphatic carbocycles. The molecule has 0 atom stereocenters. The van der Waals surface area contributed by atoms with E-state index in [-0.39, 0.29) is 0 Å². The van der Waals surface area contributed by atoms with Gasteiger partial charge in [0.15, 0.2) is 0 Å². The van der Waals surface area contributed by atoms with Crippen LogP contribution < -0.4 is 18.9 Å². The van der Waals surface area contributed by atoms with Gasteiger partial charge in [0, 0.05) is 0 Å². The average molecular weight is 505 g/mol. The van der Waals surface area contributed by atoms with E-state index in [0.29, 0.717) is 13.2 Å². The van der Waals surface area contributed by atoms with E-state index >= 15 is 0 Å². The van der Waals surface area contributed by atoms with Crippen molar-refractivity contribution in [3.8, 4) is 23.0 Å². The summed E-state index contributed by atoms with van der Waals surface area (Å²) in [7, 11) is 3.35. The molecule has 4 heteroatoms. The van der Waals surface area contributed by atoms with Gasteiger partial charge in [-0.15, -0.1) is 0 Å². The molecule has 0 saturated carbocycles. The third-order valence-corrected chi connectivity index (χ3v) is 6.03. The number of methoxy groups -OCH3 is 2. The molecule has 0 fully saturated rings. The summed E-state index contributed by atoms with van der Waals surface area (Å²) >= 11 is 0. The van der Waals surface area contributed by atoms with Crippen molar-refractivity contribution >= 4 is 11.1 Å². The fourth-order valence-corrected chi connectivity index (χ4v) is 4.17. The standard InChI is InChI=1S/C34H32O4/c1-5-23-37-31-19-11-27(12-20-31)34(28-13-21-32(22-14-28)38-24-6-2)33(25-7-15-29(35-3)16-8-25)26-9-17-30(36-4)18-10-26/h5-22H,1-2,23-24H2,3-4H3. The maximum atomic E-state index is 5.74. The minimum atomic E-state index is 0.456. The van der Waals surface area contributed by atoms with Gasteiger partial charge < -0.3 is 18.9 Å². The van der Waals surface area contributed by atoms with E-state index in [1.165, 1.54) is 0 Å². The quantitative estimate of drug-likeness (QED) is 0.145. The third-order valence-electron chi connectivity index (χ3n) is 6.03. The fourth-order valence-electron chi connectivity index (χ4n) is 4.17. The minimum absolute atomic E-state index is 0.456. The molecule has 4 aromatic carbocycles. The van der Waals surface area contributed by atoms with Crippen LogP contribution in [-0.4, -0.2) is 27.4 Å². The molecule has 4 nitrogen and oxygen atoms in total. The van der Waals surface area contributed by atoms with Crippen LogP contribution in [0.1, 0.15) is 22.3 Å². The van der Waals surface area contributed by atoms with E-state index in [1.54, 1.807) is 26.4 Å². The maximum absolute atomic E-state index is 5.74. The molecule has 0 bridgehead atoms. The van der Waals surface area contributed by atoms with Crippen LogP contribution in [0.4, 0.5) is 0 Å². The smallest absolute Gasteiger partial charge is 0.119 e. The summed E-state index contributed by atoms with van der Waals surface area (Å²) in [5, 5.41) is 0. The number of benzene rings is 4. The van der Waals surface area contributed by atoms with E-state index in [9.17, 15) is 0 Å². The Morgan fingerprint density at radius 2 is 0.737 bits per heavy atom. The summed E-state index contributed by atoms with van der Waals surface area (Å²) in [6, 6.07) is 32.6. The molecule has 0 aliphatic heterocycles. The highest BCUT2D eigenvalue weighted by atomic mass is 16.5. The lowest BCUT2D eigenvalue weighted by Gasteiger charge is -2.19. The van der Waals surface area contributed by atoms with Crippen LogP contribution in [0, 0.1) is 0 Å². The summed E-state index contributed by atoms with van der Waals surface area (Å²) in [4.78, 5) is 0. The molecule has 0 unspecified atom stereocenters. The monoisotopic (exact) mass is 504 g/mol. The van der Waals surface area contributed by atoms with Gasteiger partial charge in [-0.3, -0.25) is 0 Å². The number of hydrogen-bond donors (Lipinski definition) is 0. The Labute approximate surface area is 225 Å². The van der Waals surface area contributed by atoms with Crippen LogP contribution >= 0.6 is 0 Å².